The van der Waals surface area contributed by atoms with E-state index in [9.17, 15) is 4.79 Å². The lowest BCUT2D eigenvalue weighted by molar-refractivity contribution is -0.122. The van der Waals surface area contributed by atoms with E-state index < -0.39 is 0 Å². The van der Waals surface area contributed by atoms with E-state index in [-0.39, 0.29) is 5.91 Å². The molecule has 1 saturated carbocycles. The molecule has 1 aliphatic carbocycles. The molecule has 0 aromatic rings. The van der Waals surface area contributed by atoms with E-state index in [0.29, 0.717) is 18.5 Å². The van der Waals surface area contributed by atoms with Gasteiger partial charge in [0.25, 0.3) is 0 Å². The Bertz CT molecular complexity index is 341. The van der Waals surface area contributed by atoms with Crippen molar-refractivity contribution in [3.63, 3.8) is 0 Å². The van der Waals surface area contributed by atoms with Crippen molar-refractivity contribution >= 4 is 5.91 Å². The summed E-state index contributed by atoms with van der Waals surface area (Å²) < 4.78 is 0. The summed E-state index contributed by atoms with van der Waals surface area (Å²) >= 11 is 0. The van der Waals surface area contributed by atoms with Gasteiger partial charge >= 0.3 is 0 Å². The van der Waals surface area contributed by atoms with E-state index in [1.54, 1.807) is 0 Å². The third kappa shape index (κ3) is 3.17. The molecule has 0 spiro atoms. The lowest BCUT2D eigenvalue weighted by atomic mass is 9.95. The van der Waals surface area contributed by atoms with E-state index >= 15 is 0 Å². The molecule has 4 nitrogen and oxygen atoms in total. The van der Waals surface area contributed by atoms with Crippen molar-refractivity contribution < 1.29 is 4.79 Å². The van der Waals surface area contributed by atoms with Crippen molar-refractivity contribution in [1.29, 1.82) is 0 Å². The molecule has 0 radical (unpaired) electrons. The highest BCUT2D eigenvalue weighted by atomic mass is 16.1. The van der Waals surface area contributed by atoms with Gasteiger partial charge in [-0.3, -0.25) is 9.69 Å². The molecule has 3 atom stereocenters. The topological polar surface area (TPSA) is 44.4 Å². The molecule has 0 aromatic heterocycles. The van der Waals surface area contributed by atoms with Gasteiger partial charge in [0.1, 0.15) is 0 Å². The number of carbonyl (C=O) groups excluding carboxylic acids is 1. The maximum Gasteiger partial charge on any atom is 0.221 e. The number of likely N-dealkylation sites (tertiary alicyclic amines) is 1. The van der Waals surface area contributed by atoms with E-state index in [0.717, 1.165) is 24.9 Å². The fourth-order valence-corrected chi connectivity index (χ4v) is 4.34. The number of nitrogens with zero attached hydrogens (tertiary/aromatic N) is 1. The predicted octanol–water partition coefficient (Wildman–Crippen LogP) is 1.37. The zero-order valence-electron chi connectivity index (χ0n) is 12.7. The second kappa shape index (κ2) is 6.44. The Balaban J connectivity index is 1.39. The van der Waals surface area contributed by atoms with Crippen molar-refractivity contribution in [2.24, 2.45) is 11.8 Å². The molecule has 2 saturated heterocycles. The van der Waals surface area contributed by atoms with Crippen LogP contribution in [-0.2, 0) is 4.79 Å². The Kier molecular flexibility index (Phi) is 4.61. The van der Waals surface area contributed by atoms with Crippen LogP contribution in [0.15, 0.2) is 0 Å². The quantitative estimate of drug-likeness (QED) is 0.817. The van der Waals surface area contributed by atoms with Crippen molar-refractivity contribution in [1.82, 2.24) is 15.5 Å². The van der Waals surface area contributed by atoms with Gasteiger partial charge in [0, 0.05) is 31.6 Å². The molecule has 3 unspecified atom stereocenters. The number of carbonyl (C=O) groups is 1. The first-order valence-corrected chi connectivity index (χ1v) is 8.48. The minimum absolute atomic E-state index is 0.263. The first-order valence-electron chi connectivity index (χ1n) is 8.48. The van der Waals surface area contributed by atoms with Crippen molar-refractivity contribution in [3.8, 4) is 0 Å². The summed E-state index contributed by atoms with van der Waals surface area (Å²) in [5.74, 6) is 1.88. The molecule has 0 bridgehead atoms. The maximum atomic E-state index is 12.1. The Hall–Kier alpha value is -0.610. The summed E-state index contributed by atoms with van der Waals surface area (Å²) in [6.45, 7) is 6.77. The average Bonchev–Trinajstić information content (AvgIpc) is 3.01. The number of amides is 1. The Labute approximate surface area is 122 Å². The van der Waals surface area contributed by atoms with Gasteiger partial charge in [-0.05, 0) is 44.7 Å². The smallest absolute Gasteiger partial charge is 0.221 e. The molecule has 3 rings (SSSR count). The summed E-state index contributed by atoms with van der Waals surface area (Å²) in [5, 5.41) is 6.72. The molecule has 0 aromatic carbocycles. The molecule has 4 heteroatoms. The molecular weight excluding hydrogens is 250 g/mol. The first-order chi connectivity index (χ1) is 9.74. The molecule has 2 aliphatic heterocycles. The minimum Gasteiger partial charge on any atom is -0.353 e. The molecule has 2 heterocycles. The molecule has 20 heavy (non-hydrogen) atoms. The Morgan fingerprint density at radius 2 is 2.05 bits per heavy atom. The van der Waals surface area contributed by atoms with Crippen LogP contribution in [0.2, 0.25) is 0 Å². The van der Waals surface area contributed by atoms with Crippen molar-refractivity contribution in [3.05, 3.63) is 0 Å². The Morgan fingerprint density at radius 3 is 2.80 bits per heavy atom. The van der Waals surface area contributed by atoms with Crippen LogP contribution in [-0.4, -0.2) is 49.1 Å². The molecular formula is C16H29N3O. The monoisotopic (exact) mass is 279 g/mol. The summed E-state index contributed by atoms with van der Waals surface area (Å²) in [7, 11) is 0. The largest absolute Gasteiger partial charge is 0.353 e. The zero-order chi connectivity index (χ0) is 13.9. The first kappa shape index (κ1) is 14.3. The van der Waals surface area contributed by atoms with Gasteiger partial charge in [-0.25, -0.2) is 0 Å². The highest BCUT2D eigenvalue weighted by Gasteiger charge is 2.41. The van der Waals surface area contributed by atoms with Gasteiger partial charge in [0.05, 0.1) is 0 Å². The van der Waals surface area contributed by atoms with Gasteiger partial charge < -0.3 is 10.6 Å². The summed E-state index contributed by atoms with van der Waals surface area (Å²) in [6, 6.07) is 1.09. The fraction of sp³-hybridized carbons (Fsp3) is 0.938. The van der Waals surface area contributed by atoms with Crippen LogP contribution in [0.25, 0.3) is 0 Å². The molecule has 114 valence electrons. The minimum atomic E-state index is 0.263. The van der Waals surface area contributed by atoms with Crippen molar-refractivity contribution in [2.75, 3.05) is 26.2 Å². The van der Waals surface area contributed by atoms with Crippen LogP contribution in [0.5, 0.6) is 0 Å². The third-order valence-electron chi connectivity index (χ3n) is 5.65. The van der Waals surface area contributed by atoms with E-state index in [1.165, 1.54) is 45.2 Å². The van der Waals surface area contributed by atoms with Gasteiger partial charge in [0.2, 0.25) is 5.91 Å². The number of hydrogen-bond donors (Lipinski definition) is 2. The van der Waals surface area contributed by atoms with Gasteiger partial charge in [-0.2, -0.15) is 0 Å². The van der Waals surface area contributed by atoms with Gasteiger partial charge in [-0.15, -0.1) is 0 Å². The number of rotatable bonds is 4. The number of nitrogens with one attached hydrogen (secondary N) is 2. The number of hydrogen-bond acceptors (Lipinski definition) is 3. The predicted molar refractivity (Wildman–Crippen MR) is 80.5 cm³/mol. The average molecular weight is 279 g/mol. The standard InChI is InChI=1S/C16H29N3O/c1-12-15-10-17-9-13(15)11-19(12)8-7-16(20)18-14-5-3-2-4-6-14/h12-15,17H,2-11H2,1H3,(H,18,20). The van der Waals surface area contributed by atoms with Crippen LogP contribution in [0.4, 0.5) is 0 Å². The highest BCUT2D eigenvalue weighted by Crippen LogP contribution is 2.32. The zero-order valence-corrected chi connectivity index (χ0v) is 12.7. The lowest BCUT2D eigenvalue weighted by Gasteiger charge is -2.25. The highest BCUT2D eigenvalue weighted by molar-refractivity contribution is 5.76. The maximum absolute atomic E-state index is 12.1. The second-order valence-corrected chi connectivity index (χ2v) is 6.97. The molecule has 3 fully saturated rings. The Morgan fingerprint density at radius 1 is 1.25 bits per heavy atom. The van der Waals surface area contributed by atoms with Gasteiger partial charge in [0.15, 0.2) is 0 Å². The van der Waals surface area contributed by atoms with Crippen LogP contribution < -0.4 is 10.6 Å². The van der Waals surface area contributed by atoms with Crippen LogP contribution in [0.3, 0.4) is 0 Å². The third-order valence-corrected chi connectivity index (χ3v) is 5.65. The summed E-state index contributed by atoms with van der Waals surface area (Å²) in [5.41, 5.74) is 0. The lowest BCUT2D eigenvalue weighted by Crippen LogP contribution is -2.39. The fourth-order valence-electron chi connectivity index (χ4n) is 4.34. The van der Waals surface area contributed by atoms with Crippen molar-refractivity contribution in [2.45, 2.75) is 57.5 Å². The summed E-state index contributed by atoms with van der Waals surface area (Å²) in [4.78, 5) is 14.6. The summed E-state index contributed by atoms with van der Waals surface area (Å²) in [6.07, 6.45) is 6.94. The van der Waals surface area contributed by atoms with E-state index in [2.05, 4.69) is 22.5 Å². The second-order valence-electron chi connectivity index (χ2n) is 6.97. The molecule has 1 amide bonds. The normalized spacial score (nSPS) is 35.1. The van der Waals surface area contributed by atoms with Gasteiger partial charge in [-0.1, -0.05) is 19.3 Å². The molecule has 3 aliphatic rings. The van der Waals surface area contributed by atoms with E-state index in [4.69, 9.17) is 0 Å². The van der Waals surface area contributed by atoms with Crippen LogP contribution in [0, 0.1) is 11.8 Å². The SMILES string of the molecule is CC1C2CNCC2CN1CCC(=O)NC1CCCCC1. The van der Waals surface area contributed by atoms with Crippen LogP contribution in [0.1, 0.15) is 45.4 Å². The van der Waals surface area contributed by atoms with Crippen LogP contribution >= 0.6 is 0 Å². The number of fused-ring (bicyclic) bond motifs is 1. The van der Waals surface area contributed by atoms with E-state index in [1.807, 2.05) is 0 Å². The molecule has 2 N–H and O–H groups in total.